The lowest BCUT2D eigenvalue weighted by Crippen LogP contribution is -2.37. The number of carbonyl (C=O) groups is 1. The second-order valence-corrected chi connectivity index (χ2v) is 4.75. The first-order valence-corrected chi connectivity index (χ1v) is 5.51. The average molecular weight is 241 g/mol. The molecule has 0 aliphatic carbocycles. The Hall–Kier alpha value is -1.30. The van der Waals surface area contributed by atoms with Crippen molar-refractivity contribution in [1.29, 1.82) is 0 Å². The smallest absolute Gasteiger partial charge is 0.309 e. The molecule has 2 saturated heterocycles. The summed E-state index contributed by atoms with van der Waals surface area (Å²) in [6.45, 7) is 5.59. The molecule has 0 radical (unpaired) electrons. The lowest BCUT2D eigenvalue weighted by Gasteiger charge is -2.22. The van der Waals surface area contributed by atoms with Crippen LogP contribution in [-0.4, -0.2) is 36.6 Å². The Morgan fingerprint density at radius 3 is 2.76 bits per heavy atom. The number of esters is 1. The molecule has 0 spiro atoms. The van der Waals surface area contributed by atoms with Crippen LogP contribution in [-0.2, 0) is 19.0 Å². The van der Waals surface area contributed by atoms with Crippen LogP contribution >= 0.6 is 0 Å². The van der Waals surface area contributed by atoms with E-state index in [1.54, 1.807) is 20.8 Å². The molecule has 0 unspecified atom stereocenters. The summed E-state index contributed by atoms with van der Waals surface area (Å²) in [5.74, 6) is -1.49. The third-order valence-corrected chi connectivity index (χ3v) is 3.05. The van der Waals surface area contributed by atoms with Crippen LogP contribution in [0.4, 0.5) is 0 Å². The first-order valence-electron chi connectivity index (χ1n) is 5.51. The lowest BCUT2D eigenvalue weighted by molar-refractivity contribution is -0.163. The molecule has 4 atom stereocenters. The number of carbonyl (C=O) groups excluding carboxylic acids is 1. The largest absolute Gasteiger partial charge is 0.459 e. The van der Waals surface area contributed by atoms with Gasteiger partial charge in [0.1, 0.15) is 12.2 Å². The minimum Gasteiger partial charge on any atom is -0.459 e. The first-order chi connectivity index (χ1) is 7.94. The van der Waals surface area contributed by atoms with Crippen LogP contribution in [0, 0.1) is 5.92 Å². The van der Waals surface area contributed by atoms with Crippen LogP contribution in [0.1, 0.15) is 20.8 Å². The highest BCUT2D eigenvalue weighted by Gasteiger charge is 2.49. The van der Waals surface area contributed by atoms with Crippen LogP contribution in [0.15, 0.2) is 5.11 Å². The quantitative estimate of drug-likeness (QED) is 0.316. The van der Waals surface area contributed by atoms with Gasteiger partial charge < -0.3 is 14.2 Å². The van der Waals surface area contributed by atoms with Crippen molar-refractivity contribution in [2.24, 2.45) is 11.0 Å². The summed E-state index contributed by atoms with van der Waals surface area (Å²) in [5, 5.41) is 3.63. The van der Waals surface area contributed by atoms with Gasteiger partial charge in [0, 0.05) is 4.91 Å². The summed E-state index contributed by atoms with van der Waals surface area (Å²) >= 11 is 0. The maximum absolute atomic E-state index is 11.5. The van der Waals surface area contributed by atoms with Gasteiger partial charge in [-0.25, -0.2) is 0 Å². The van der Waals surface area contributed by atoms with E-state index in [1.807, 2.05) is 0 Å². The summed E-state index contributed by atoms with van der Waals surface area (Å²) < 4.78 is 16.2. The van der Waals surface area contributed by atoms with Crippen molar-refractivity contribution in [3.63, 3.8) is 0 Å². The highest BCUT2D eigenvalue weighted by atomic mass is 16.8. The van der Waals surface area contributed by atoms with Gasteiger partial charge in [-0.3, -0.25) is 4.79 Å². The molecule has 0 aromatic rings. The Balaban J connectivity index is 2.15. The second kappa shape index (κ2) is 4.18. The van der Waals surface area contributed by atoms with E-state index in [9.17, 15) is 4.79 Å². The van der Waals surface area contributed by atoms with Gasteiger partial charge in [0.2, 0.25) is 0 Å². The van der Waals surface area contributed by atoms with E-state index in [0.717, 1.165) is 0 Å². The summed E-state index contributed by atoms with van der Waals surface area (Å²) in [7, 11) is 0. The Kier molecular flexibility index (Phi) is 2.99. The highest BCUT2D eigenvalue weighted by Crippen LogP contribution is 2.33. The fourth-order valence-electron chi connectivity index (χ4n) is 2.13. The second-order valence-electron chi connectivity index (χ2n) is 4.75. The van der Waals surface area contributed by atoms with Gasteiger partial charge in [0.15, 0.2) is 5.79 Å². The Labute approximate surface area is 98.6 Å². The van der Waals surface area contributed by atoms with Crippen LogP contribution in [0.5, 0.6) is 0 Å². The van der Waals surface area contributed by atoms with Gasteiger partial charge >= 0.3 is 5.97 Å². The van der Waals surface area contributed by atoms with Gasteiger partial charge in [-0.2, -0.15) is 0 Å². The van der Waals surface area contributed by atoms with Gasteiger partial charge in [0.25, 0.3) is 0 Å². The number of hydrogen-bond acceptors (Lipinski definition) is 5. The number of ether oxygens (including phenoxy) is 3. The van der Waals surface area contributed by atoms with Crippen molar-refractivity contribution in [3.05, 3.63) is 10.4 Å². The lowest BCUT2D eigenvalue weighted by atomic mass is 9.98. The first kappa shape index (κ1) is 12.2. The summed E-state index contributed by atoms with van der Waals surface area (Å²) in [6.07, 6.45) is -0.940. The highest BCUT2D eigenvalue weighted by molar-refractivity contribution is 5.75. The van der Waals surface area contributed by atoms with Gasteiger partial charge in [-0.1, -0.05) is 12.0 Å². The van der Waals surface area contributed by atoms with Gasteiger partial charge in [0.05, 0.1) is 18.6 Å². The fraction of sp³-hybridized carbons (Fsp3) is 0.900. The zero-order chi connectivity index (χ0) is 12.6. The minimum absolute atomic E-state index is 0.328. The van der Waals surface area contributed by atoms with Crippen molar-refractivity contribution in [3.8, 4) is 0 Å². The molecule has 2 heterocycles. The van der Waals surface area contributed by atoms with E-state index in [4.69, 9.17) is 19.7 Å². The van der Waals surface area contributed by atoms with Gasteiger partial charge in [-0.15, -0.1) is 0 Å². The topological polar surface area (TPSA) is 93.5 Å². The molecule has 0 amide bonds. The molecule has 0 aromatic carbocycles. The normalized spacial score (nSPS) is 39.8. The van der Waals surface area contributed by atoms with Crippen molar-refractivity contribution >= 4 is 5.97 Å². The number of hydrogen-bond donors (Lipinski definition) is 0. The zero-order valence-electron chi connectivity index (χ0n) is 9.99. The molecule has 2 aliphatic heterocycles. The van der Waals surface area contributed by atoms with Crippen LogP contribution in [0.25, 0.3) is 10.4 Å². The van der Waals surface area contributed by atoms with Gasteiger partial charge in [-0.05, 0) is 19.4 Å². The molecule has 2 rings (SSSR count). The molecule has 0 saturated carbocycles. The Morgan fingerprint density at radius 2 is 2.24 bits per heavy atom. The number of rotatable bonds is 2. The fourth-order valence-corrected chi connectivity index (χ4v) is 2.13. The van der Waals surface area contributed by atoms with Crippen molar-refractivity contribution in [1.82, 2.24) is 0 Å². The van der Waals surface area contributed by atoms with Crippen LogP contribution < -0.4 is 0 Å². The van der Waals surface area contributed by atoms with Crippen molar-refractivity contribution < 1.29 is 19.0 Å². The van der Waals surface area contributed by atoms with Crippen LogP contribution in [0.2, 0.25) is 0 Å². The summed E-state index contributed by atoms with van der Waals surface area (Å²) in [4.78, 5) is 14.2. The monoisotopic (exact) mass is 241 g/mol. The number of nitrogens with zero attached hydrogens (tertiary/aromatic N) is 3. The standard InChI is InChI=1S/C10H15N3O4/c1-5-7(12-13-11)8(16-9(5)14)6-4-15-10(2,3)17-6/h5-8H,4H2,1-3H3/t5-,6-,7+,8-/m1/s1. The number of azide groups is 1. The SMILES string of the molecule is C[C@H]1C(=O)O[C@H]([C@H]2COC(C)(C)O2)[C@H]1N=[N+]=[N-]. The third-order valence-electron chi connectivity index (χ3n) is 3.05. The predicted molar refractivity (Wildman–Crippen MR) is 56.9 cm³/mol. The molecule has 0 aromatic heterocycles. The van der Waals surface area contributed by atoms with E-state index >= 15 is 0 Å². The summed E-state index contributed by atoms with van der Waals surface area (Å²) in [5.41, 5.74) is 8.51. The molecular formula is C10H15N3O4. The maximum Gasteiger partial charge on any atom is 0.309 e. The maximum atomic E-state index is 11.5. The predicted octanol–water partition coefficient (Wildman–Crippen LogP) is 1.38. The van der Waals surface area contributed by atoms with E-state index in [0.29, 0.717) is 6.61 Å². The molecule has 94 valence electrons. The van der Waals surface area contributed by atoms with Crippen molar-refractivity contribution in [2.75, 3.05) is 6.61 Å². The molecule has 7 nitrogen and oxygen atoms in total. The summed E-state index contributed by atoms with van der Waals surface area (Å²) in [6, 6.07) is -0.532. The minimum atomic E-state index is -0.691. The average Bonchev–Trinajstić information content (AvgIpc) is 2.73. The molecule has 7 heteroatoms. The van der Waals surface area contributed by atoms with E-state index in [2.05, 4.69) is 10.0 Å². The molecular weight excluding hydrogens is 226 g/mol. The van der Waals surface area contributed by atoms with Crippen molar-refractivity contribution in [2.45, 2.75) is 44.8 Å². The zero-order valence-corrected chi connectivity index (χ0v) is 9.99. The molecule has 0 bridgehead atoms. The van der Waals surface area contributed by atoms with E-state index < -0.39 is 23.9 Å². The molecule has 17 heavy (non-hydrogen) atoms. The van der Waals surface area contributed by atoms with Crippen LogP contribution in [0.3, 0.4) is 0 Å². The Bertz CT molecular complexity index is 378. The number of cyclic esters (lactones) is 1. The molecule has 2 fully saturated rings. The molecule has 0 N–H and O–H groups in total. The third kappa shape index (κ3) is 2.22. The van der Waals surface area contributed by atoms with E-state index in [1.165, 1.54) is 0 Å². The van der Waals surface area contributed by atoms with E-state index in [-0.39, 0.29) is 12.1 Å². The molecule has 2 aliphatic rings. The Morgan fingerprint density at radius 1 is 1.53 bits per heavy atom.